The van der Waals surface area contributed by atoms with Crippen LogP contribution in [0.15, 0.2) is 29.3 Å². The summed E-state index contributed by atoms with van der Waals surface area (Å²) in [6.07, 6.45) is 1.66. The van der Waals surface area contributed by atoms with Crippen LogP contribution in [-0.2, 0) is 12.8 Å². The molecule has 4 nitrogen and oxygen atoms in total. The number of aromatic nitrogens is 1. The molecule has 0 saturated heterocycles. The van der Waals surface area contributed by atoms with E-state index in [1.165, 1.54) is 10.9 Å². The predicted octanol–water partition coefficient (Wildman–Crippen LogP) is 3.24. The van der Waals surface area contributed by atoms with Gasteiger partial charge in [0.25, 0.3) is 0 Å². The summed E-state index contributed by atoms with van der Waals surface area (Å²) in [6, 6.07) is 6.71. The molecule has 0 atom stereocenters. The highest BCUT2D eigenvalue weighted by molar-refractivity contribution is 7.11. The first-order valence-electron chi connectivity index (χ1n) is 8.28. The Morgan fingerprint density at radius 1 is 1.25 bits per heavy atom. The van der Waals surface area contributed by atoms with Crippen molar-refractivity contribution in [1.29, 1.82) is 0 Å². The van der Waals surface area contributed by atoms with E-state index in [-0.39, 0.29) is 5.82 Å². The SMILES string of the molecule is CCNC(=NCCc1sc(C)nc1C)NCCc1cccc(F)c1. The Hall–Kier alpha value is -1.95. The zero-order valence-electron chi connectivity index (χ0n) is 14.5. The number of nitrogens with one attached hydrogen (secondary N) is 2. The summed E-state index contributed by atoms with van der Waals surface area (Å²) < 4.78 is 13.2. The lowest BCUT2D eigenvalue weighted by Crippen LogP contribution is -2.38. The van der Waals surface area contributed by atoms with E-state index in [1.54, 1.807) is 23.5 Å². The van der Waals surface area contributed by atoms with Crippen molar-refractivity contribution in [3.05, 3.63) is 51.2 Å². The molecule has 6 heteroatoms. The summed E-state index contributed by atoms with van der Waals surface area (Å²) in [5.41, 5.74) is 2.09. The van der Waals surface area contributed by atoms with Crippen LogP contribution in [0, 0.1) is 19.7 Å². The molecule has 2 rings (SSSR count). The number of aryl methyl sites for hydroxylation is 2. The van der Waals surface area contributed by atoms with Crippen molar-refractivity contribution in [1.82, 2.24) is 15.6 Å². The summed E-state index contributed by atoms with van der Waals surface area (Å²) >= 11 is 1.74. The van der Waals surface area contributed by atoms with E-state index in [2.05, 4.69) is 20.6 Å². The molecule has 24 heavy (non-hydrogen) atoms. The van der Waals surface area contributed by atoms with Gasteiger partial charge in [0, 0.05) is 30.9 Å². The number of hydrogen-bond acceptors (Lipinski definition) is 3. The van der Waals surface area contributed by atoms with Gasteiger partial charge >= 0.3 is 0 Å². The number of nitrogens with zero attached hydrogens (tertiary/aromatic N) is 2. The Bertz CT molecular complexity index is 681. The maximum atomic E-state index is 13.2. The first-order chi connectivity index (χ1) is 11.6. The van der Waals surface area contributed by atoms with Gasteiger partial charge in [-0.1, -0.05) is 12.1 Å². The van der Waals surface area contributed by atoms with Crippen LogP contribution in [0.25, 0.3) is 0 Å². The third kappa shape index (κ3) is 5.92. The topological polar surface area (TPSA) is 49.3 Å². The van der Waals surface area contributed by atoms with Crippen molar-refractivity contribution >= 4 is 17.3 Å². The van der Waals surface area contributed by atoms with E-state index >= 15 is 0 Å². The van der Waals surface area contributed by atoms with Gasteiger partial charge in [0.15, 0.2) is 5.96 Å². The van der Waals surface area contributed by atoms with E-state index in [0.29, 0.717) is 6.54 Å². The molecule has 130 valence electrons. The number of rotatable bonds is 7. The van der Waals surface area contributed by atoms with Crippen LogP contribution in [0.1, 0.15) is 28.1 Å². The highest BCUT2D eigenvalue weighted by atomic mass is 32.1. The normalized spacial score (nSPS) is 11.6. The van der Waals surface area contributed by atoms with Crippen LogP contribution in [0.2, 0.25) is 0 Å². The minimum atomic E-state index is -0.191. The second-order valence-corrected chi connectivity index (χ2v) is 6.85. The van der Waals surface area contributed by atoms with Crippen LogP contribution >= 0.6 is 11.3 Å². The van der Waals surface area contributed by atoms with E-state index in [0.717, 1.165) is 48.2 Å². The Morgan fingerprint density at radius 2 is 2.08 bits per heavy atom. The van der Waals surface area contributed by atoms with Gasteiger partial charge < -0.3 is 10.6 Å². The molecule has 0 saturated carbocycles. The highest BCUT2D eigenvalue weighted by Gasteiger charge is 2.04. The molecule has 2 N–H and O–H groups in total. The Kier molecular flexibility index (Phi) is 7.18. The molecule has 1 heterocycles. The van der Waals surface area contributed by atoms with E-state index in [1.807, 2.05) is 26.8 Å². The lowest BCUT2D eigenvalue weighted by molar-refractivity contribution is 0.625. The van der Waals surface area contributed by atoms with Crippen molar-refractivity contribution in [3.63, 3.8) is 0 Å². The maximum Gasteiger partial charge on any atom is 0.191 e. The molecule has 0 spiro atoms. The lowest BCUT2D eigenvalue weighted by Gasteiger charge is -2.11. The minimum absolute atomic E-state index is 0.191. The van der Waals surface area contributed by atoms with Gasteiger partial charge in [0.1, 0.15) is 5.82 Å². The van der Waals surface area contributed by atoms with Crippen molar-refractivity contribution < 1.29 is 4.39 Å². The summed E-state index contributed by atoms with van der Waals surface area (Å²) in [7, 11) is 0. The summed E-state index contributed by atoms with van der Waals surface area (Å²) in [5, 5.41) is 7.64. The monoisotopic (exact) mass is 348 g/mol. The maximum absolute atomic E-state index is 13.2. The second kappa shape index (κ2) is 9.37. The average molecular weight is 348 g/mol. The number of thiazole rings is 1. The van der Waals surface area contributed by atoms with Crippen LogP contribution in [0.4, 0.5) is 4.39 Å². The van der Waals surface area contributed by atoms with Crippen molar-refractivity contribution in [3.8, 4) is 0 Å². The first-order valence-corrected chi connectivity index (χ1v) is 9.09. The van der Waals surface area contributed by atoms with Gasteiger partial charge in [-0.25, -0.2) is 9.37 Å². The molecule has 0 fully saturated rings. The summed E-state index contributed by atoms with van der Waals surface area (Å²) in [4.78, 5) is 10.3. The number of benzene rings is 1. The molecule has 2 aromatic rings. The van der Waals surface area contributed by atoms with Crippen LogP contribution in [-0.4, -0.2) is 30.6 Å². The van der Waals surface area contributed by atoms with Gasteiger partial charge in [-0.05, 0) is 44.9 Å². The Labute approximate surface area is 147 Å². The van der Waals surface area contributed by atoms with Gasteiger partial charge in [-0.3, -0.25) is 4.99 Å². The molecule has 1 aromatic carbocycles. The number of aliphatic imine (C=N–C) groups is 1. The molecule has 0 aliphatic heterocycles. The molecule has 1 aromatic heterocycles. The molecule has 0 aliphatic rings. The quantitative estimate of drug-likeness (QED) is 0.596. The van der Waals surface area contributed by atoms with Crippen LogP contribution < -0.4 is 10.6 Å². The number of guanidine groups is 1. The molecule has 0 radical (unpaired) electrons. The third-order valence-electron chi connectivity index (χ3n) is 3.55. The van der Waals surface area contributed by atoms with E-state index < -0.39 is 0 Å². The third-order valence-corrected chi connectivity index (χ3v) is 4.68. The number of halogens is 1. The minimum Gasteiger partial charge on any atom is -0.357 e. The molecular formula is C18H25FN4S. The fourth-order valence-electron chi connectivity index (χ4n) is 2.43. The summed E-state index contributed by atoms with van der Waals surface area (Å²) in [6.45, 7) is 8.37. The van der Waals surface area contributed by atoms with E-state index in [9.17, 15) is 4.39 Å². The van der Waals surface area contributed by atoms with Gasteiger partial charge in [-0.15, -0.1) is 11.3 Å². The second-order valence-electron chi connectivity index (χ2n) is 5.56. The van der Waals surface area contributed by atoms with E-state index in [4.69, 9.17) is 0 Å². The molecule has 0 amide bonds. The summed E-state index contributed by atoms with van der Waals surface area (Å²) in [5.74, 6) is 0.607. The number of hydrogen-bond donors (Lipinski definition) is 2. The van der Waals surface area contributed by atoms with Crippen molar-refractivity contribution in [2.45, 2.75) is 33.6 Å². The average Bonchev–Trinajstić information content (AvgIpc) is 2.85. The van der Waals surface area contributed by atoms with Crippen LogP contribution in [0.5, 0.6) is 0 Å². The zero-order chi connectivity index (χ0) is 17.4. The van der Waals surface area contributed by atoms with Gasteiger partial charge in [0.2, 0.25) is 0 Å². The van der Waals surface area contributed by atoms with Gasteiger partial charge in [-0.2, -0.15) is 0 Å². The van der Waals surface area contributed by atoms with Crippen molar-refractivity contribution in [2.24, 2.45) is 4.99 Å². The van der Waals surface area contributed by atoms with Crippen LogP contribution in [0.3, 0.4) is 0 Å². The fraction of sp³-hybridized carbons (Fsp3) is 0.444. The lowest BCUT2D eigenvalue weighted by atomic mass is 10.1. The predicted molar refractivity (Wildman–Crippen MR) is 99.4 cm³/mol. The largest absolute Gasteiger partial charge is 0.357 e. The molecule has 0 aliphatic carbocycles. The molecular weight excluding hydrogens is 323 g/mol. The zero-order valence-corrected chi connectivity index (χ0v) is 15.3. The first kappa shape index (κ1) is 18.4. The molecule has 0 bridgehead atoms. The fourth-order valence-corrected chi connectivity index (χ4v) is 3.36. The van der Waals surface area contributed by atoms with Gasteiger partial charge in [0.05, 0.1) is 10.7 Å². The molecule has 0 unspecified atom stereocenters. The smallest absolute Gasteiger partial charge is 0.191 e. The Balaban J connectivity index is 1.83. The Morgan fingerprint density at radius 3 is 2.75 bits per heavy atom. The highest BCUT2D eigenvalue weighted by Crippen LogP contribution is 2.17. The van der Waals surface area contributed by atoms with Crippen molar-refractivity contribution in [2.75, 3.05) is 19.6 Å². The standard InChI is InChI=1S/C18H25FN4S/c1-4-20-18(21-10-8-15-6-5-7-16(19)12-15)22-11-9-17-13(2)23-14(3)24-17/h5-7,12H,4,8-11H2,1-3H3,(H2,20,21,22).